The Labute approximate surface area is 210 Å². The number of nitrogens with zero attached hydrogens (tertiary/aromatic N) is 2. The molecule has 0 unspecified atom stereocenters. The number of fused-ring (bicyclic) bond motifs is 1. The van der Waals surface area contributed by atoms with Gasteiger partial charge in [-0.2, -0.15) is 5.10 Å². The first-order valence-corrected chi connectivity index (χ1v) is 11.3. The summed E-state index contributed by atoms with van der Waals surface area (Å²) in [7, 11) is 0. The van der Waals surface area contributed by atoms with E-state index in [1.54, 1.807) is 54.6 Å². The zero-order chi connectivity index (χ0) is 25.2. The van der Waals surface area contributed by atoms with Crippen molar-refractivity contribution in [2.75, 3.05) is 10.6 Å². The second-order valence-corrected chi connectivity index (χ2v) is 8.47. The number of carbonyl (C=O) groups excluding carboxylic acids is 2. The third kappa shape index (κ3) is 4.62. The Hall–Kier alpha value is -4.69. The molecule has 8 nitrogen and oxygen atoms in total. The summed E-state index contributed by atoms with van der Waals surface area (Å²) >= 11 is 5.95. The van der Waals surface area contributed by atoms with E-state index in [1.807, 2.05) is 25.1 Å². The van der Waals surface area contributed by atoms with Crippen LogP contribution in [-0.4, -0.2) is 21.6 Å². The van der Waals surface area contributed by atoms with E-state index in [0.29, 0.717) is 27.4 Å². The van der Waals surface area contributed by atoms with Crippen molar-refractivity contribution >= 4 is 45.8 Å². The van der Waals surface area contributed by atoms with Crippen LogP contribution in [0.5, 0.6) is 0 Å². The van der Waals surface area contributed by atoms with Crippen LogP contribution < -0.4 is 16.1 Å². The van der Waals surface area contributed by atoms with E-state index < -0.39 is 17.2 Å². The number of aryl methyl sites for hydroxylation is 1. The number of nitrogens with one attached hydrogen (secondary N) is 2. The van der Waals surface area contributed by atoms with Crippen LogP contribution in [0.2, 0.25) is 5.02 Å². The van der Waals surface area contributed by atoms with Crippen LogP contribution in [0.3, 0.4) is 0 Å². The summed E-state index contributed by atoms with van der Waals surface area (Å²) in [5.41, 5.74) is 1.79. The van der Waals surface area contributed by atoms with Gasteiger partial charge in [0.25, 0.3) is 11.8 Å². The van der Waals surface area contributed by atoms with Crippen molar-refractivity contribution in [2.24, 2.45) is 0 Å². The number of rotatable bonds is 5. The molecule has 0 aliphatic carbocycles. The molecule has 0 fully saturated rings. The molecule has 0 aliphatic rings. The average molecular weight is 499 g/mol. The lowest BCUT2D eigenvalue weighted by Gasteiger charge is -2.09. The third-order valence-corrected chi connectivity index (χ3v) is 5.68. The largest absolute Gasteiger partial charge is 0.449 e. The van der Waals surface area contributed by atoms with E-state index in [-0.39, 0.29) is 17.1 Å². The predicted molar refractivity (Wildman–Crippen MR) is 138 cm³/mol. The molecule has 9 heteroatoms. The molecule has 0 atom stereocenters. The number of para-hydroxylation sites is 1. The minimum absolute atomic E-state index is 0.0972. The third-order valence-electron chi connectivity index (χ3n) is 5.43. The second kappa shape index (κ2) is 9.52. The molecule has 0 radical (unpaired) electrons. The topological polar surface area (TPSA) is 106 Å². The number of hydrogen-bond acceptors (Lipinski definition) is 5. The first-order chi connectivity index (χ1) is 17.4. The summed E-state index contributed by atoms with van der Waals surface area (Å²) in [5.74, 6) is -1.42. The van der Waals surface area contributed by atoms with E-state index in [2.05, 4.69) is 15.7 Å². The Kier molecular flexibility index (Phi) is 6.10. The van der Waals surface area contributed by atoms with Crippen molar-refractivity contribution in [1.82, 2.24) is 9.78 Å². The minimum Gasteiger partial charge on any atom is -0.449 e. The number of anilines is 2. The van der Waals surface area contributed by atoms with Gasteiger partial charge in [-0.1, -0.05) is 35.9 Å². The van der Waals surface area contributed by atoms with Gasteiger partial charge in [0.05, 0.1) is 5.69 Å². The zero-order valence-corrected chi connectivity index (χ0v) is 19.7. The molecule has 5 rings (SSSR count). The highest BCUT2D eigenvalue weighted by Gasteiger charge is 2.24. The Morgan fingerprint density at radius 2 is 1.69 bits per heavy atom. The van der Waals surface area contributed by atoms with Crippen molar-refractivity contribution in [2.45, 2.75) is 6.92 Å². The maximum absolute atomic E-state index is 13.2. The number of halogens is 1. The normalized spacial score (nSPS) is 10.8. The highest BCUT2D eigenvalue weighted by molar-refractivity contribution is 6.30. The molecule has 0 saturated heterocycles. The minimum atomic E-state index is -0.778. The number of aromatic nitrogens is 2. The fourth-order valence-electron chi connectivity index (χ4n) is 3.72. The maximum Gasteiger partial charge on any atom is 0.293 e. The summed E-state index contributed by atoms with van der Waals surface area (Å²) in [6.07, 6.45) is 1.45. The number of amides is 2. The van der Waals surface area contributed by atoms with E-state index in [9.17, 15) is 14.4 Å². The lowest BCUT2D eigenvalue weighted by atomic mass is 10.2. The van der Waals surface area contributed by atoms with Crippen LogP contribution in [-0.2, 0) is 0 Å². The lowest BCUT2D eigenvalue weighted by molar-refractivity contribution is 0.0999. The molecule has 0 saturated carbocycles. The molecule has 5 aromatic rings. The van der Waals surface area contributed by atoms with Crippen molar-refractivity contribution < 1.29 is 14.0 Å². The fraction of sp³-hybridized carbons (Fsp3) is 0.0370. The average Bonchev–Trinajstić information content (AvgIpc) is 3.23. The predicted octanol–water partition coefficient (Wildman–Crippen LogP) is 5.45. The quantitative estimate of drug-likeness (QED) is 0.335. The Morgan fingerprint density at radius 3 is 2.47 bits per heavy atom. The van der Waals surface area contributed by atoms with Crippen LogP contribution in [0, 0.1) is 6.92 Å². The first-order valence-electron chi connectivity index (χ1n) is 11.0. The van der Waals surface area contributed by atoms with Crippen molar-refractivity contribution in [3.63, 3.8) is 0 Å². The Balaban J connectivity index is 1.50. The summed E-state index contributed by atoms with van der Waals surface area (Å²) in [4.78, 5) is 38.9. The van der Waals surface area contributed by atoms with Gasteiger partial charge in [0.15, 0.2) is 5.69 Å². The summed E-state index contributed by atoms with van der Waals surface area (Å²) in [6.45, 7) is 1.91. The van der Waals surface area contributed by atoms with Crippen LogP contribution in [0.1, 0.15) is 26.6 Å². The number of furan rings is 1. The summed E-state index contributed by atoms with van der Waals surface area (Å²) < 4.78 is 7.19. The van der Waals surface area contributed by atoms with Gasteiger partial charge in [0, 0.05) is 28.4 Å². The van der Waals surface area contributed by atoms with Gasteiger partial charge in [-0.05, 0) is 61.0 Å². The molecule has 36 heavy (non-hydrogen) atoms. The number of carbonyl (C=O) groups is 2. The molecule has 3 aromatic carbocycles. The molecule has 0 bridgehead atoms. The van der Waals surface area contributed by atoms with E-state index in [4.69, 9.17) is 16.0 Å². The van der Waals surface area contributed by atoms with Gasteiger partial charge in [0.1, 0.15) is 11.3 Å². The first kappa shape index (κ1) is 23.1. The van der Waals surface area contributed by atoms with Crippen LogP contribution in [0.25, 0.3) is 16.7 Å². The van der Waals surface area contributed by atoms with Gasteiger partial charge in [0.2, 0.25) is 11.2 Å². The SMILES string of the molecule is Cc1cccc(NC(=O)c2oc3ccccc3c2NC(=O)c2nn(-c3ccc(Cl)cc3)ccc2=O)c1. The Bertz CT molecular complexity index is 1670. The second-order valence-electron chi connectivity index (χ2n) is 8.03. The zero-order valence-electron chi connectivity index (χ0n) is 19.0. The molecule has 2 amide bonds. The van der Waals surface area contributed by atoms with Crippen molar-refractivity contribution in [3.05, 3.63) is 117 Å². The van der Waals surface area contributed by atoms with Gasteiger partial charge < -0.3 is 15.1 Å². The molecule has 2 aromatic heterocycles. The Morgan fingerprint density at radius 1 is 0.917 bits per heavy atom. The molecule has 178 valence electrons. The van der Waals surface area contributed by atoms with Gasteiger partial charge in [-0.3, -0.25) is 14.4 Å². The fourth-order valence-corrected chi connectivity index (χ4v) is 3.84. The summed E-state index contributed by atoms with van der Waals surface area (Å²) in [6, 6.07) is 22.2. The van der Waals surface area contributed by atoms with E-state index >= 15 is 0 Å². The molecular formula is C27H19ClN4O4. The highest BCUT2D eigenvalue weighted by atomic mass is 35.5. The van der Waals surface area contributed by atoms with Crippen LogP contribution in [0.4, 0.5) is 11.4 Å². The van der Waals surface area contributed by atoms with Crippen LogP contribution >= 0.6 is 11.6 Å². The van der Waals surface area contributed by atoms with E-state index in [0.717, 1.165) is 5.56 Å². The molecular weight excluding hydrogens is 480 g/mol. The monoisotopic (exact) mass is 498 g/mol. The van der Waals surface area contributed by atoms with Crippen molar-refractivity contribution in [3.8, 4) is 5.69 Å². The molecule has 0 spiro atoms. The highest BCUT2D eigenvalue weighted by Crippen LogP contribution is 2.32. The standard InChI is InChI=1S/C27H19ClN4O4/c1-16-5-4-6-18(15-16)29-27(35)25-23(20-7-2-3-8-22(20)36-25)30-26(34)24-21(33)13-14-32(31-24)19-11-9-17(28)10-12-19/h2-15H,1H3,(H,29,35)(H,30,34). The number of hydrogen-bond donors (Lipinski definition) is 2. The molecule has 0 aliphatic heterocycles. The van der Waals surface area contributed by atoms with E-state index in [1.165, 1.54) is 16.9 Å². The summed E-state index contributed by atoms with van der Waals surface area (Å²) in [5, 5.41) is 10.7. The van der Waals surface area contributed by atoms with Gasteiger partial charge >= 0.3 is 0 Å². The maximum atomic E-state index is 13.2. The molecule has 2 heterocycles. The number of benzene rings is 3. The van der Waals surface area contributed by atoms with Crippen LogP contribution in [0.15, 0.2) is 94.3 Å². The van der Waals surface area contributed by atoms with Crippen molar-refractivity contribution in [1.29, 1.82) is 0 Å². The smallest absolute Gasteiger partial charge is 0.293 e. The van der Waals surface area contributed by atoms with Gasteiger partial charge in [-0.15, -0.1) is 0 Å². The molecule has 2 N–H and O–H groups in total. The lowest BCUT2D eigenvalue weighted by Crippen LogP contribution is -2.26. The van der Waals surface area contributed by atoms with Gasteiger partial charge in [-0.25, -0.2) is 4.68 Å².